The van der Waals surface area contributed by atoms with Gasteiger partial charge in [0.2, 0.25) is 6.43 Å². The van der Waals surface area contributed by atoms with Gasteiger partial charge in [-0.2, -0.15) is 0 Å². The van der Waals surface area contributed by atoms with Crippen molar-refractivity contribution in [2.45, 2.75) is 64.2 Å². The minimum Gasteiger partial charge on any atom is -0.478 e. The summed E-state index contributed by atoms with van der Waals surface area (Å²) < 4.78 is 23.9. The molecule has 0 aromatic heterocycles. The van der Waals surface area contributed by atoms with Crippen LogP contribution in [0.25, 0.3) is 6.08 Å². The van der Waals surface area contributed by atoms with Crippen molar-refractivity contribution in [2.24, 2.45) is 0 Å². The highest BCUT2D eigenvalue weighted by Crippen LogP contribution is 2.14. The molecule has 0 fully saturated rings. The number of halogens is 2. The summed E-state index contributed by atoms with van der Waals surface area (Å²) in [5, 5.41) is 8.63. The summed E-state index contributed by atoms with van der Waals surface area (Å²) in [6, 6.07) is 7.91. The average molecular weight is 324 g/mol. The molecule has 0 saturated carbocycles. The van der Waals surface area contributed by atoms with Crippen LogP contribution in [0.3, 0.4) is 0 Å². The maximum Gasteiger partial charge on any atom is 0.328 e. The van der Waals surface area contributed by atoms with Gasteiger partial charge in [-0.3, -0.25) is 0 Å². The van der Waals surface area contributed by atoms with Crippen LogP contribution in [0.15, 0.2) is 30.3 Å². The first-order valence-electron chi connectivity index (χ1n) is 8.36. The fourth-order valence-corrected chi connectivity index (χ4v) is 2.53. The smallest absolute Gasteiger partial charge is 0.328 e. The summed E-state index contributed by atoms with van der Waals surface area (Å²) in [6.45, 7) is 0. The van der Waals surface area contributed by atoms with E-state index in [4.69, 9.17) is 5.11 Å². The molecule has 0 aliphatic carbocycles. The molecule has 0 heterocycles. The molecule has 0 spiro atoms. The Kier molecular flexibility index (Phi) is 9.92. The number of carboxylic acid groups (broad SMARTS) is 1. The highest BCUT2D eigenvalue weighted by molar-refractivity contribution is 5.85. The van der Waals surface area contributed by atoms with Gasteiger partial charge < -0.3 is 5.11 Å². The number of carbonyl (C=O) groups is 1. The van der Waals surface area contributed by atoms with Crippen molar-refractivity contribution in [3.63, 3.8) is 0 Å². The standard InChI is InChI=1S/C19H26F2O2/c20-18(21)12-7-5-3-1-2-4-6-9-16-10-8-11-17(15-16)13-14-19(22)23/h8,10-11,13-15,18H,1-7,9,12H2,(H,22,23). The number of alkyl halides is 2. The van der Waals surface area contributed by atoms with Crippen LogP contribution in [0, 0.1) is 0 Å². The van der Waals surface area contributed by atoms with Gasteiger partial charge in [0.1, 0.15) is 0 Å². The van der Waals surface area contributed by atoms with Crippen molar-refractivity contribution in [2.75, 3.05) is 0 Å². The number of aliphatic carboxylic acids is 1. The van der Waals surface area contributed by atoms with Crippen LogP contribution in [-0.4, -0.2) is 17.5 Å². The number of hydrogen-bond donors (Lipinski definition) is 1. The second-order valence-electron chi connectivity index (χ2n) is 5.82. The first kappa shape index (κ1) is 19.3. The van der Waals surface area contributed by atoms with E-state index in [0.717, 1.165) is 56.6 Å². The summed E-state index contributed by atoms with van der Waals surface area (Å²) in [5.41, 5.74) is 2.12. The van der Waals surface area contributed by atoms with Gasteiger partial charge in [-0.15, -0.1) is 0 Å². The predicted molar refractivity (Wildman–Crippen MR) is 89.8 cm³/mol. The topological polar surface area (TPSA) is 37.3 Å². The van der Waals surface area contributed by atoms with E-state index >= 15 is 0 Å². The van der Waals surface area contributed by atoms with Crippen LogP contribution >= 0.6 is 0 Å². The third kappa shape index (κ3) is 10.6. The maximum atomic E-state index is 12.0. The van der Waals surface area contributed by atoms with Crippen LogP contribution in [0.4, 0.5) is 8.78 Å². The van der Waals surface area contributed by atoms with E-state index in [2.05, 4.69) is 6.07 Å². The molecule has 0 saturated heterocycles. The second kappa shape index (κ2) is 11.8. The first-order valence-corrected chi connectivity index (χ1v) is 8.36. The first-order chi connectivity index (χ1) is 11.1. The Hall–Kier alpha value is -1.71. The van der Waals surface area contributed by atoms with Crippen LogP contribution < -0.4 is 0 Å². The van der Waals surface area contributed by atoms with Gasteiger partial charge in [0, 0.05) is 12.5 Å². The molecule has 1 N–H and O–H groups in total. The van der Waals surface area contributed by atoms with Gasteiger partial charge in [0.05, 0.1) is 0 Å². The molecule has 0 radical (unpaired) electrons. The summed E-state index contributed by atoms with van der Waals surface area (Å²) in [7, 11) is 0. The molecule has 1 aromatic carbocycles. The van der Waals surface area contributed by atoms with Gasteiger partial charge in [-0.05, 0) is 36.5 Å². The monoisotopic (exact) mass is 324 g/mol. The van der Waals surface area contributed by atoms with E-state index in [9.17, 15) is 13.6 Å². The molecule has 0 aliphatic heterocycles. The Morgan fingerprint density at radius 1 is 1.04 bits per heavy atom. The van der Waals surface area contributed by atoms with E-state index in [1.807, 2.05) is 18.2 Å². The molecule has 0 amide bonds. The fraction of sp³-hybridized carbons (Fsp3) is 0.526. The third-order valence-electron chi connectivity index (χ3n) is 3.76. The number of benzene rings is 1. The Balaban J connectivity index is 2.12. The SMILES string of the molecule is O=C(O)C=Cc1cccc(CCCCCCCCCC(F)F)c1. The Morgan fingerprint density at radius 3 is 2.35 bits per heavy atom. The van der Waals surface area contributed by atoms with Crippen molar-refractivity contribution >= 4 is 12.0 Å². The largest absolute Gasteiger partial charge is 0.478 e. The number of carboxylic acids is 1. The summed E-state index contributed by atoms with van der Waals surface area (Å²) in [4.78, 5) is 10.5. The van der Waals surface area contributed by atoms with E-state index in [1.165, 1.54) is 5.56 Å². The molecular weight excluding hydrogens is 298 g/mol. The van der Waals surface area contributed by atoms with Crippen molar-refractivity contribution in [1.82, 2.24) is 0 Å². The zero-order valence-electron chi connectivity index (χ0n) is 13.5. The lowest BCUT2D eigenvalue weighted by molar-refractivity contribution is -0.131. The molecule has 0 atom stereocenters. The molecular formula is C19H26F2O2. The Labute approximate surface area is 137 Å². The lowest BCUT2D eigenvalue weighted by atomic mass is 10.0. The van der Waals surface area contributed by atoms with Crippen LogP contribution in [0.1, 0.15) is 62.5 Å². The van der Waals surface area contributed by atoms with Gasteiger partial charge in [0.25, 0.3) is 0 Å². The van der Waals surface area contributed by atoms with Crippen molar-refractivity contribution < 1.29 is 18.7 Å². The van der Waals surface area contributed by atoms with Crippen LogP contribution in [0.5, 0.6) is 0 Å². The lowest BCUT2D eigenvalue weighted by Gasteiger charge is -2.04. The lowest BCUT2D eigenvalue weighted by Crippen LogP contribution is -1.90. The minimum absolute atomic E-state index is 0.0344. The fourth-order valence-electron chi connectivity index (χ4n) is 2.53. The third-order valence-corrected chi connectivity index (χ3v) is 3.76. The van der Waals surface area contributed by atoms with E-state index < -0.39 is 12.4 Å². The quantitative estimate of drug-likeness (QED) is 0.395. The van der Waals surface area contributed by atoms with Crippen molar-refractivity contribution in [3.05, 3.63) is 41.5 Å². The predicted octanol–water partition coefficient (Wildman–Crippen LogP) is 5.71. The molecule has 1 aromatic rings. The van der Waals surface area contributed by atoms with Gasteiger partial charge in [0.15, 0.2) is 0 Å². The van der Waals surface area contributed by atoms with E-state index in [-0.39, 0.29) is 6.42 Å². The molecule has 128 valence electrons. The van der Waals surface area contributed by atoms with Crippen LogP contribution in [-0.2, 0) is 11.2 Å². The maximum absolute atomic E-state index is 12.0. The highest BCUT2D eigenvalue weighted by atomic mass is 19.3. The molecule has 0 aliphatic rings. The summed E-state index contributed by atoms with van der Waals surface area (Å²) in [6.07, 6.45) is 8.70. The van der Waals surface area contributed by atoms with E-state index in [0.29, 0.717) is 6.42 Å². The normalized spacial score (nSPS) is 11.4. The molecule has 23 heavy (non-hydrogen) atoms. The molecule has 4 heteroatoms. The molecule has 2 nitrogen and oxygen atoms in total. The van der Waals surface area contributed by atoms with Crippen molar-refractivity contribution in [3.8, 4) is 0 Å². The second-order valence-corrected chi connectivity index (χ2v) is 5.82. The zero-order chi connectivity index (χ0) is 16.9. The molecule has 0 unspecified atom stereocenters. The van der Waals surface area contributed by atoms with Crippen LogP contribution in [0.2, 0.25) is 0 Å². The Bertz CT molecular complexity index is 484. The minimum atomic E-state index is -2.16. The Morgan fingerprint density at radius 2 is 1.70 bits per heavy atom. The summed E-state index contributed by atoms with van der Waals surface area (Å²) in [5.74, 6) is -0.941. The van der Waals surface area contributed by atoms with Gasteiger partial charge >= 0.3 is 5.97 Å². The van der Waals surface area contributed by atoms with E-state index in [1.54, 1.807) is 6.08 Å². The molecule has 0 bridgehead atoms. The number of hydrogen-bond acceptors (Lipinski definition) is 1. The highest BCUT2D eigenvalue weighted by Gasteiger charge is 2.01. The van der Waals surface area contributed by atoms with Crippen molar-refractivity contribution in [1.29, 1.82) is 0 Å². The number of rotatable bonds is 12. The summed E-state index contributed by atoms with van der Waals surface area (Å²) >= 11 is 0. The zero-order valence-corrected chi connectivity index (χ0v) is 13.5. The number of aryl methyl sites for hydroxylation is 1. The number of unbranched alkanes of at least 4 members (excludes halogenated alkanes) is 6. The van der Waals surface area contributed by atoms with Gasteiger partial charge in [-0.25, -0.2) is 13.6 Å². The molecule has 1 rings (SSSR count). The van der Waals surface area contributed by atoms with Gasteiger partial charge in [-0.1, -0.05) is 56.4 Å². The average Bonchev–Trinajstić information content (AvgIpc) is 2.51.